The lowest BCUT2D eigenvalue weighted by atomic mass is 10.3. The van der Waals surface area contributed by atoms with Crippen molar-refractivity contribution in [2.45, 2.75) is 13.5 Å². The molecule has 0 saturated heterocycles. The van der Waals surface area contributed by atoms with Gasteiger partial charge in [-0.05, 0) is 18.6 Å². The molecule has 0 aliphatic carbocycles. The van der Waals surface area contributed by atoms with Gasteiger partial charge >= 0.3 is 0 Å². The van der Waals surface area contributed by atoms with Crippen molar-refractivity contribution in [3.8, 4) is 0 Å². The fourth-order valence-electron chi connectivity index (χ4n) is 1.28. The molecule has 1 N–H and O–H groups in total. The number of rotatable bonds is 3. The van der Waals surface area contributed by atoms with E-state index in [0.717, 1.165) is 11.7 Å². The van der Waals surface area contributed by atoms with Crippen molar-refractivity contribution in [3.63, 3.8) is 0 Å². The van der Waals surface area contributed by atoms with Crippen LogP contribution in [0.2, 0.25) is 0 Å². The van der Waals surface area contributed by atoms with Crippen molar-refractivity contribution in [1.82, 2.24) is 9.55 Å². The van der Waals surface area contributed by atoms with Gasteiger partial charge in [0.2, 0.25) is 0 Å². The highest BCUT2D eigenvalue weighted by Crippen LogP contribution is 2.17. The number of thiazole rings is 1. The van der Waals surface area contributed by atoms with E-state index in [1.54, 1.807) is 11.3 Å². The van der Waals surface area contributed by atoms with E-state index in [1.165, 1.54) is 10.4 Å². The van der Waals surface area contributed by atoms with Crippen LogP contribution in [0.15, 0.2) is 24.7 Å². The maximum Gasteiger partial charge on any atom is 0.183 e. The van der Waals surface area contributed by atoms with E-state index in [9.17, 15) is 0 Å². The minimum Gasteiger partial charge on any atom is -0.357 e. The number of hydrogen-bond donors (Lipinski definition) is 1. The third-order valence-corrected chi connectivity index (χ3v) is 2.83. The first-order valence-electron chi connectivity index (χ1n) is 4.51. The molecule has 0 fully saturated rings. The first kappa shape index (κ1) is 9.27. The highest BCUT2D eigenvalue weighted by Gasteiger charge is 1.98. The Kier molecular flexibility index (Phi) is 2.54. The Balaban J connectivity index is 1.94. The topological polar surface area (TPSA) is 29.9 Å². The summed E-state index contributed by atoms with van der Waals surface area (Å²) in [6.45, 7) is 2.90. The number of aryl methyl sites for hydroxylation is 2. The van der Waals surface area contributed by atoms with Gasteiger partial charge in [0.05, 0.1) is 0 Å². The van der Waals surface area contributed by atoms with Crippen LogP contribution in [0.4, 0.5) is 5.13 Å². The molecule has 2 aromatic heterocycles. The molecule has 2 aromatic rings. The molecule has 0 amide bonds. The Morgan fingerprint density at radius 1 is 1.57 bits per heavy atom. The maximum absolute atomic E-state index is 4.24. The Bertz CT molecular complexity index is 376. The first-order chi connectivity index (χ1) is 6.74. The fourth-order valence-corrected chi connectivity index (χ4v) is 1.94. The van der Waals surface area contributed by atoms with Crippen LogP contribution in [0.5, 0.6) is 0 Å². The molecule has 0 bridgehead atoms. The van der Waals surface area contributed by atoms with E-state index >= 15 is 0 Å². The number of hydrogen-bond acceptors (Lipinski definition) is 3. The molecule has 0 aliphatic heterocycles. The van der Waals surface area contributed by atoms with Crippen LogP contribution in [0.25, 0.3) is 0 Å². The number of anilines is 1. The summed E-state index contributed by atoms with van der Waals surface area (Å²) in [6.07, 6.45) is 6.04. The van der Waals surface area contributed by atoms with Crippen LogP contribution < -0.4 is 5.32 Å². The molecule has 74 valence electrons. The zero-order chi connectivity index (χ0) is 9.97. The Morgan fingerprint density at radius 3 is 3.00 bits per heavy atom. The summed E-state index contributed by atoms with van der Waals surface area (Å²) < 4.78 is 2.05. The number of nitrogens with zero attached hydrogens (tertiary/aromatic N) is 2. The predicted octanol–water partition coefficient (Wildman–Crippen LogP) is 2.40. The van der Waals surface area contributed by atoms with Crippen molar-refractivity contribution in [3.05, 3.63) is 35.1 Å². The van der Waals surface area contributed by atoms with Crippen molar-refractivity contribution in [2.75, 3.05) is 5.32 Å². The van der Waals surface area contributed by atoms with Crippen LogP contribution in [0.3, 0.4) is 0 Å². The zero-order valence-electron chi connectivity index (χ0n) is 8.32. The molecule has 4 heteroatoms. The van der Waals surface area contributed by atoms with E-state index in [2.05, 4.69) is 29.5 Å². The van der Waals surface area contributed by atoms with Gasteiger partial charge in [0.1, 0.15) is 0 Å². The molecule has 2 rings (SSSR count). The van der Waals surface area contributed by atoms with E-state index in [4.69, 9.17) is 0 Å². The van der Waals surface area contributed by atoms with Crippen LogP contribution in [0, 0.1) is 6.92 Å². The first-order valence-corrected chi connectivity index (χ1v) is 5.33. The summed E-state index contributed by atoms with van der Waals surface area (Å²) in [5, 5.41) is 4.28. The average Bonchev–Trinajstić information content (AvgIpc) is 2.72. The van der Waals surface area contributed by atoms with Gasteiger partial charge in [-0.25, -0.2) is 4.98 Å². The summed E-state index contributed by atoms with van der Waals surface area (Å²) in [4.78, 5) is 5.47. The third kappa shape index (κ3) is 2.14. The van der Waals surface area contributed by atoms with Gasteiger partial charge in [-0.15, -0.1) is 11.3 Å². The Labute approximate surface area is 87.4 Å². The Morgan fingerprint density at radius 2 is 2.43 bits per heavy atom. The predicted molar refractivity (Wildman–Crippen MR) is 59.6 cm³/mol. The highest BCUT2D eigenvalue weighted by atomic mass is 32.1. The van der Waals surface area contributed by atoms with Gasteiger partial charge in [0.25, 0.3) is 0 Å². The molecule has 14 heavy (non-hydrogen) atoms. The van der Waals surface area contributed by atoms with Gasteiger partial charge in [0.15, 0.2) is 5.13 Å². The quantitative estimate of drug-likeness (QED) is 0.837. The summed E-state index contributed by atoms with van der Waals surface area (Å²) in [7, 11) is 2.02. The minimum atomic E-state index is 0.841. The Hall–Kier alpha value is -1.29. The smallest absolute Gasteiger partial charge is 0.183 e. The van der Waals surface area contributed by atoms with Crippen molar-refractivity contribution >= 4 is 16.5 Å². The van der Waals surface area contributed by atoms with Crippen LogP contribution in [-0.2, 0) is 13.6 Å². The lowest BCUT2D eigenvalue weighted by Gasteiger charge is -1.98. The maximum atomic E-state index is 4.24. The van der Waals surface area contributed by atoms with Gasteiger partial charge in [-0.3, -0.25) is 0 Å². The molecule has 0 saturated carbocycles. The van der Waals surface area contributed by atoms with Crippen LogP contribution in [0.1, 0.15) is 10.4 Å². The normalized spacial score (nSPS) is 10.4. The lowest BCUT2D eigenvalue weighted by Crippen LogP contribution is -1.97. The minimum absolute atomic E-state index is 0.841. The highest BCUT2D eigenvalue weighted by molar-refractivity contribution is 7.15. The van der Waals surface area contributed by atoms with E-state index in [1.807, 2.05) is 24.0 Å². The molecule has 0 aliphatic rings. The fraction of sp³-hybridized carbons (Fsp3) is 0.300. The van der Waals surface area contributed by atoms with Crippen molar-refractivity contribution < 1.29 is 0 Å². The van der Waals surface area contributed by atoms with Gasteiger partial charge in [-0.2, -0.15) is 0 Å². The van der Waals surface area contributed by atoms with Crippen molar-refractivity contribution in [1.29, 1.82) is 0 Å². The van der Waals surface area contributed by atoms with Crippen LogP contribution >= 0.6 is 11.3 Å². The second-order valence-electron chi connectivity index (χ2n) is 3.31. The van der Waals surface area contributed by atoms with Gasteiger partial charge in [-0.1, -0.05) is 0 Å². The third-order valence-electron chi connectivity index (χ3n) is 1.96. The SMILES string of the molecule is Cc1cnc(NCc2ccn(C)c2)s1. The molecular formula is C10H13N3S. The van der Waals surface area contributed by atoms with Crippen molar-refractivity contribution in [2.24, 2.45) is 7.05 Å². The summed E-state index contributed by atoms with van der Waals surface area (Å²) in [5.74, 6) is 0. The average molecular weight is 207 g/mol. The van der Waals surface area contributed by atoms with E-state index in [0.29, 0.717) is 0 Å². The lowest BCUT2D eigenvalue weighted by molar-refractivity contribution is 0.920. The second-order valence-corrected chi connectivity index (χ2v) is 4.55. The molecular weight excluding hydrogens is 194 g/mol. The monoisotopic (exact) mass is 207 g/mol. The molecule has 2 heterocycles. The molecule has 0 atom stereocenters. The number of nitrogens with one attached hydrogen (secondary N) is 1. The van der Waals surface area contributed by atoms with Crippen LogP contribution in [-0.4, -0.2) is 9.55 Å². The number of aromatic nitrogens is 2. The molecule has 3 nitrogen and oxygen atoms in total. The second kappa shape index (κ2) is 3.84. The molecule has 0 spiro atoms. The van der Waals surface area contributed by atoms with E-state index < -0.39 is 0 Å². The zero-order valence-corrected chi connectivity index (χ0v) is 9.14. The molecule has 0 unspecified atom stereocenters. The van der Waals surface area contributed by atoms with Gasteiger partial charge < -0.3 is 9.88 Å². The standard InChI is InChI=1S/C10H13N3S/c1-8-5-11-10(14-8)12-6-9-3-4-13(2)7-9/h3-5,7H,6H2,1-2H3,(H,11,12). The molecule has 0 radical (unpaired) electrons. The summed E-state index contributed by atoms with van der Waals surface area (Å²) in [5.41, 5.74) is 1.28. The summed E-state index contributed by atoms with van der Waals surface area (Å²) in [6, 6.07) is 2.10. The largest absolute Gasteiger partial charge is 0.357 e. The summed E-state index contributed by atoms with van der Waals surface area (Å²) >= 11 is 1.68. The van der Waals surface area contributed by atoms with E-state index in [-0.39, 0.29) is 0 Å². The molecule has 0 aromatic carbocycles. The van der Waals surface area contributed by atoms with Gasteiger partial charge in [0, 0.05) is 37.1 Å².